The van der Waals surface area contributed by atoms with Crippen LogP contribution in [0.2, 0.25) is 0 Å². The lowest BCUT2D eigenvalue weighted by molar-refractivity contribution is 0.0762. The largest absolute Gasteiger partial charge is 0.337 e. The van der Waals surface area contributed by atoms with Crippen molar-refractivity contribution in [3.8, 4) is 0 Å². The van der Waals surface area contributed by atoms with Crippen molar-refractivity contribution in [2.75, 3.05) is 33.2 Å². The average molecular weight is 298 g/mol. The predicted octanol–water partition coefficient (Wildman–Crippen LogP) is 1.71. The number of hydrogen-bond acceptors (Lipinski definition) is 3. The Balaban J connectivity index is 1.66. The first kappa shape index (κ1) is 14.8. The molecule has 22 heavy (non-hydrogen) atoms. The minimum Gasteiger partial charge on any atom is -0.337 e. The molecule has 1 fully saturated rings. The Bertz CT molecular complexity index is 623. The van der Waals surface area contributed by atoms with Crippen molar-refractivity contribution in [2.45, 2.75) is 13.0 Å². The third kappa shape index (κ3) is 3.54. The molecular formula is C17H22N4O. The van der Waals surface area contributed by atoms with Gasteiger partial charge in [-0.1, -0.05) is 30.3 Å². The Hall–Kier alpha value is -2.14. The third-order valence-electron chi connectivity index (χ3n) is 4.07. The molecule has 0 saturated carbocycles. The zero-order valence-corrected chi connectivity index (χ0v) is 13.0. The standard InChI is InChI=1S/C17H22N4O/c1-19-8-5-9-20(11-10-19)17(22)16-12-18-21(14-16)13-15-6-3-2-4-7-15/h2-4,6-7,12,14H,5,8-11,13H2,1H3. The van der Waals surface area contributed by atoms with Crippen molar-refractivity contribution in [2.24, 2.45) is 0 Å². The van der Waals surface area contributed by atoms with Gasteiger partial charge in [0, 0.05) is 25.8 Å². The highest BCUT2D eigenvalue weighted by Gasteiger charge is 2.20. The fourth-order valence-corrected chi connectivity index (χ4v) is 2.76. The maximum Gasteiger partial charge on any atom is 0.257 e. The highest BCUT2D eigenvalue weighted by atomic mass is 16.2. The second-order valence-electron chi connectivity index (χ2n) is 5.86. The van der Waals surface area contributed by atoms with Gasteiger partial charge < -0.3 is 9.80 Å². The van der Waals surface area contributed by atoms with Crippen LogP contribution in [0.15, 0.2) is 42.7 Å². The molecule has 1 saturated heterocycles. The lowest BCUT2D eigenvalue weighted by Gasteiger charge is -2.19. The van der Waals surface area contributed by atoms with Crippen LogP contribution in [0, 0.1) is 0 Å². The smallest absolute Gasteiger partial charge is 0.257 e. The number of benzene rings is 1. The second kappa shape index (κ2) is 6.75. The Kier molecular flexibility index (Phi) is 4.53. The van der Waals surface area contributed by atoms with E-state index in [4.69, 9.17) is 0 Å². The molecule has 2 heterocycles. The number of carbonyl (C=O) groups excluding carboxylic acids is 1. The molecule has 2 aromatic rings. The summed E-state index contributed by atoms with van der Waals surface area (Å²) >= 11 is 0. The first-order valence-corrected chi connectivity index (χ1v) is 7.76. The summed E-state index contributed by atoms with van der Waals surface area (Å²) in [5.41, 5.74) is 1.86. The van der Waals surface area contributed by atoms with E-state index in [0.29, 0.717) is 12.1 Å². The lowest BCUT2D eigenvalue weighted by Crippen LogP contribution is -2.34. The Morgan fingerprint density at radius 2 is 1.95 bits per heavy atom. The molecule has 0 unspecified atom stereocenters. The summed E-state index contributed by atoms with van der Waals surface area (Å²) in [6.45, 7) is 4.30. The molecule has 1 aromatic heterocycles. The Labute approximate surface area is 131 Å². The fourth-order valence-electron chi connectivity index (χ4n) is 2.76. The van der Waals surface area contributed by atoms with Gasteiger partial charge in [-0.25, -0.2) is 0 Å². The van der Waals surface area contributed by atoms with Crippen LogP contribution in [-0.4, -0.2) is 58.7 Å². The molecule has 1 aliphatic rings. The van der Waals surface area contributed by atoms with E-state index in [9.17, 15) is 4.79 Å². The molecular weight excluding hydrogens is 276 g/mol. The summed E-state index contributed by atoms with van der Waals surface area (Å²) in [6.07, 6.45) is 4.56. The Morgan fingerprint density at radius 1 is 1.14 bits per heavy atom. The van der Waals surface area contributed by atoms with Crippen molar-refractivity contribution in [1.82, 2.24) is 19.6 Å². The summed E-state index contributed by atoms with van der Waals surface area (Å²) in [5.74, 6) is 0.0922. The Morgan fingerprint density at radius 3 is 2.77 bits per heavy atom. The van der Waals surface area contributed by atoms with Gasteiger partial charge in [0.15, 0.2) is 0 Å². The molecule has 0 N–H and O–H groups in total. The number of likely N-dealkylation sites (N-methyl/N-ethyl adjacent to an activating group) is 1. The van der Waals surface area contributed by atoms with Gasteiger partial charge in [0.2, 0.25) is 0 Å². The minimum atomic E-state index is 0.0922. The highest BCUT2D eigenvalue weighted by Crippen LogP contribution is 2.09. The molecule has 0 spiro atoms. The maximum absolute atomic E-state index is 12.6. The van der Waals surface area contributed by atoms with E-state index in [1.165, 1.54) is 5.56 Å². The monoisotopic (exact) mass is 298 g/mol. The summed E-state index contributed by atoms with van der Waals surface area (Å²) in [4.78, 5) is 16.8. The van der Waals surface area contributed by atoms with E-state index in [-0.39, 0.29) is 5.91 Å². The molecule has 0 atom stereocenters. The van der Waals surface area contributed by atoms with Crippen LogP contribution in [0.3, 0.4) is 0 Å². The summed E-state index contributed by atoms with van der Waals surface area (Å²) in [5, 5.41) is 4.32. The number of aromatic nitrogens is 2. The topological polar surface area (TPSA) is 41.4 Å². The lowest BCUT2D eigenvalue weighted by atomic mass is 10.2. The zero-order chi connectivity index (χ0) is 15.4. The molecule has 1 amide bonds. The van der Waals surface area contributed by atoms with Crippen LogP contribution in [0.25, 0.3) is 0 Å². The van der Waals surface area contributed by atoms with Gasteiger partial charge in [-0.2, -0.15) is 5.10 Å². The SMILES string of the molecule is CN1CCCN(C(=O)c2cnn(Cc3ccccc3)c2)CC1. The molecule has 1 aliphatic heterocycles. The quantitative estimate of drug-likeness (QED) is 0.866. The minimum absolute atomic E-state index is 0.0922. The van der Waals surface area contributed by atoms with Gasteiger partial charge in [0.1, 0.15) is 0 Å². The maximum atomic E-state index is 12.6. The van der Waals surface area contributed by atoms with Crippen molar-refractivity contribution in [3.05, 3.63) is 53.9 Å². The summed E-state index contributed by atoms with van der Waals surface area (Å²) in [7, 11) is 2.10. The number of hydrogen-bond donors (Lipinski definition) is 0. The van der Waals surface area contributed by atoms with E-state index >= 15 is 0 Å². The molecule has 1 aromatic carbocycles. The molecule has 5 nitrogen and oxygen atoms in total. The number of amides is 1. The van der Waals surface area contributed by atoms with Crippen LogP contribution >= 0.6 is 0 Å². The third-order valence-corrected chi connectivity index (χ3v) is 4.07. The van der Waals surface area contributed by atoms with Crippen LogP contribution in [0.1, 0.15) is 22.3 Å². The average Bonchev–Trinajstić information content (AvgIpc) is 2.88. The van der Waals surface area contributed by atoms with Crippen molar-refractivity contribution >= 4 is 5.91 Å². The summed E-state index contributed by atoms with van der Waals surface area (Å²) < 4.78 is 1.83. The summed E-state index contributed by atoms with van der Waals surface area (Å²) in [6, 6.07) is 10.1. The molecule has 0 radical (unpaired) electrons. The second-order valence-corrected chi connectivity index (χ2v) is 5.86. The van der Waals surface area contributed by atoms with Crippen molar-refractivity contribution in [1.29, 1.82) is 0 Å². The van der Waals surface area contributed by atoms with Crippen LogP contribution in [0.5, 0.6) is 0 Å². The van der Waals surface area contributed by atoms with Gasteiger partial charge >= 0.3 is 0 Å². The van der Waals surface area contributed by atoms with Crippen molar-refractivity contribution in [3.63, 3.8) is 0 Å². The highest BCUT2D eigenvalue weighted by molar-refractivity contribution is 5.93. The zero-order valence-electron chi connectivity index (χ0n) is 13.0. The first-order valence-electron chi connectivity index (χ1n) is 7.76. The van der Waals surface area contributed by atoms with E-state index in [1.54, 1.807) is 6.20 Å². The van der Waals surface area contributed by atoms with Gasteiger partial charge in [0.05, 0.1) is 18.3 Å². The first-order chi connectivity index (χ1) is 10.7. The van der Waals surface area contributed by atoms with E-state index in [2.05, 4.69) is 29.2 Å². The molecule has 116 valence electrons. The fraction of sp³-hybridized carbons (Fsp3) is 0.412. The van der Waals surface area contributed by atoms with Crippen molar-refractivity contribution < 1.29 is 4.79 Å². The number of nitrogens with zero attached hydrogens (tertiary/aromatic N) is 4. The van der Waals surface area contributed by atoms with Crippen LogP contribution in [0.4, 0.5) is 0 Å². The van der Waals surface area contributed by atoms with Crippen LogP contribution < -0.4 is 0 Å². The van der Waals surface area contributed by atoms with Crippen LogP contribution in [-0.2, 0) is 6.54 Å². The molecule has 0 bridgehead atoms. The molecule has 5 heteroatoms. The van der Waals surface area contributed by atoms with E-state index < -0.39 is 0 Å². The number of carbonyl (C=O) groups is 1. The normalized spacial score (nSPS) is 16.5. The van der Waals surface area contributed by atoms with E-state index in [0.717, 1.165) is 32.6 Å². The number of rotatable bonds is 3. The van der Waals surface area contributed by atoms with Gasteiger partial charge in [0.25, 0.3) is 5.91 Å². The van der Waals surface area contributed by atoms with E-state index in [1.807, 2.05) is 34.0 Å². The van der Waals surface area contributed by atoms with Gasteiger partial charge in [-0.3, -0.25) is 9.48 Å². The van der Waals surface area contributed by atoms with Gasteiger partial charge in [-0.15, -0.1) is 0 Å². The predicted molar refractivity (Wildman–Crippen MR) is 85.8 cm³/mol. The molecule has 0 aliphatic carbocycles. The molecule has 3 rings (SSSR count). The van der Waals surface area contributed by atoms with Gasteiger partial charge in [-0.05, 0) is 25.6 Å².